The van der Waals surface area contributed by atoms with Gasteiger partial charge in [0, 0.05) is 31.4 Å². The fourth-order valence-electron chi connectivity index (χ4n) is 3.71. The van der Waals surface area contributed by atoms with Crippen molar-refractivity contribution in [1.29, 1.82) is 0 Å². The minimum Gasteiger partial charge on any atom is -0.379 e. The van der Waals surface area contributed by atoms with Gasteiger partial charge >= 0.3 is 0 Å². The van der Waals surface area contributed by atoms with Crippen molar-refractivity contribution in [2.24, 2.45) is 0 Å². The van der Waals surface area contributed by atoms with Gasteiger partial charge in [-0.3, -0.25) is 4.79 Å². The lowest BCUT2D eigenvalue weighted by Crippen LogP contribution is -2.40. The molecule has 0 saturated carbocycles. The molecule has 0 radical (unpaired) electrons. The zero-order valence-corrected chi connectivity index (χ0v) is 16.9. The van der Waals surface area contributed by atoms with Crippen LogP contribution in [0, 0.1) is 0 Å². The van der Waals surface area contributed by atoms with E-state index in [9.17, 15) is 13.2 Å². The first-order valence-corrected chi connectivity index (χ1v) is 11.1. The molecule has 2 aliphatic heterocycles. The number of fused-ring (bicyclic) bond motifs is 1. The molecular formula is C19H29N3O4S. The Morgan fingerprint density at radius 2 is 2.00 bits per heavy atom. The molecule has 8 heteroatoms. The van der Waals surface area contributed by atoms with Crippen LogP contribution in [0.15, 0.2) is 23.1 Å². The van der Waals surface area contributed by atoms with E-state index in [0.717, 1.165) is 37.1 Å². The van der Waals surface area contributed by atoms with Gasteiger partial charge in [-0.15, -0.1) is 0 Å². The van der Waals surface area contributed by atoms with E-state index in [1.54, 1.807) is 12.1 Å². The van der Waals surface area contributed by atoms with Crippen LogP contribution >= 0.6 is 0 Å². The summed E-state index contributed by atoms with van der Waals surface area (Å²) in [6, 6.07) is 5.42. The Morgan fingerprint density at radius 1 is 1.26 bits per heavy atom. The number of morpholine rings is 1. The van der Waals surface area contributed by atoms with Gasteiger partial charge in [-0.05, 0) is 43.5 Å². The van der Waals surface area contributed by atoms with Crippen LogP contribution in [0.2, 0.25) is 0 Å². The quantitative estimate of drug-likeness (QED) is 0.755. The molecule has 0 aromatic heterocycles. The summed E-state index contributed by atoms with van der Waals surface area (Å²) in [7, 11) is -3.49. The molecule has 1 saturated heterocycles. The molecule has 150 valence electrons. The Morgan fingerprint density at radius 3 is 2.70 bits per heavy atom. The third kappa shape index (κ3) is 4.62. The number of hydrogen-bond donors (Lipinski definition) is 1. The highest BCUT2D eigenvalue weighted by atomic mass is 32.2. The first-order valence-electron chi connectivity index (χ1n) is 9.67. The minimum atomic E-state index is -3.49. The number of rotatable bonds is 7. The summed E-state index contributed by atoms with van der Waals surface area (Å²) in [4.78, 5) is 14.6. The highest BCUT2D eigenvalue weighted by molar-refractivity contribution is 7.89. The summed E-state index contributed by atoms with van der Waals surface area (Å²) in [6.07, 6.45) is 2.75. The van der Waals surface area contributed by atoms with Crippen molar-refractivity contribution in [2.45, 2.75) is 44.0 Å². The molecular weight excluding hydrogens is 366 g/mol. The van der Waals surface area contributed by atoms with E-state index < -0.39 is 10.0 Å². The Bertz CT molecular complexity index is 775. The normalized spacial score (nSPS) is 19.0. The number of nitrogens with zero attached hydrogens (tertiary/aromatic N) is 2. The van der Waals surface area contributed by atoms with Crippen molar-refractivity contribution in [3.8, 4) is 0 Å². The lowest BCUT2D eigenvalue weighted by atomic mass is 10.2. The number of hydrogen-bond acceptors (Lipinski definition) is 5. The summed E-state index contributed by atoms with van der Waals surface area (Å²) >= 11 is 0. The molecule has 1 unspecified atom stereocenters. The van der Waals surface area contributed by atoms with E-state index in [0.29, 0.717) is 37.7 Å². The van der Waals surface area contributed by atoms with Crippen molar-refractivity contribution in [3.05, 3.63) is 23.8 Å². The lowest BCUT2D eigenvalue weighted by molar-refractivity contribution is -0.120. The molecule has 3 rings (SSSR count). The van der Waals surface area contributed by atoms with Crippen LogP contribution in [-0.4, -0.2) is 64.1 Å². The van der Waals surface area contributed by atoms with E-state index >= 15 is 0 Å². The Labute approximate surface area is 161 Å². The second-order valence-electron chi connectivity index (χ2n) is 7.24. The van der Waals surface area contributed by atoms with Crippen LogP contribution < -0.4 is 10.2 Å². The zero-order valence-electron chi connectivity index (χ0n) is 16.1. The number of carbonyl (C=O) groups excluding carboxylic acids is 1. The number of nitrogens with one attached hydrogen (secondary N) is 1. The van der Waals surface area contributed by atoms with Crippen molar-refractivity contribution in [2.75, 3.05) is 44.3 Å². The van der Waals surface area contributed by atoms with Crippen LogP contribution in [-0.2, 0) is 26.0 Å². The van der Waals surface area contributed by atoms with Crippen molar-refractivity contribution in [3.63, 3.8) is 0 Å². The van der Waals surface area contributed by atoms with Gasteiger partial charge < -0.3 is 15.0 Å². The standard InChI is InChI=1S/C19H29N3O4S/c1-3-4-15(2)20-19(23)14-21-8-7-16-13-17(5-6-18(16)21)27(24,25)22-9-11-26-12-10-22/h5-6,13,15H,3-4,7-12,14H2,1-2H3,(H,20,23). The molecule has 2 heterocycles. The van der Waals surface area contributed by atoms with Crippen molar-refractivity contribution in [1.82, 2.24) is 9.62 Å². The van der Waals surface area contributed by atoms with Gasteiger partial charge in [0.25, 0.3) is 0 Å². The maximum Gasteiger partial charge on any atom is 0.243 e. The van der Waals surface area contributed by atoms with Crippen LogP contribution in [0.5, 0.6) is 0 Å². The van der Waals surface area contributed by atoms with Gasteiger partial charge in [-0.25, -0.2) is 8.42 Å². The minimum absolute atomic E-state index is 0.00816. The largest absolute Gasteiger partial charge is 0.379 e. The second-order valence-corrected chi connectivity index (χ2v) is 9.17. The van der Waals surface area contributed by atoms with E-state index in [4.69, 9.17) is 4.74 Å². The van der Waals surface area contributed by atoms with Gasteiger partial charge in [-0.1, -0.05) is 13.3 Å². The Balaban J connectivity index is 1.69. The average Bonchev–Trinajstić information content (AvgIpc) is 3.04. The van der Waals surface area contributed by atoms with Gasteiger partial charge in [0.2, 0.25) is 15.9 Å². The van der Waals surface area contributed by atoms with Crippen LogP contribution in [0.1, 0.15) is 32.3 Å². The van der Waals surface area contributed by atoms with Gasteiger partial charge in [0.1, 0.15) is 0 Å². The molecule has 27 heavy (non-hydrogen) atoms. The van der Waals surface area contributed by atoms with Gasteiger partial charge in [0.05, 0.1) is 24.7 Å². The molecule has 1 atom stereocenters. The maximum atomic E-state index is 12.8. The topological polar surface area (TPSA) is 79.0 Å². The molecule has 0 aliphatic carbocycles. The van der Waals surface area contributed by atoms with Crippen LogP contribution in [0.25, 0.3) is 0 Å². The molecule has 1 aromatic carbocycles. The summed E-state index contributed by atoms with van der Waals surface area (Å²) in [6.45, 7) is 6.79. The smallest absolute Gasteiger partial charge is 0.243 e. The highest BCUT2D eigenvalue weighted by Crippen LogP contribution is 2.31. The molecule has 2 aliphatic rings. The number of amides is 1. The molecule has 0 spiro atoms. The SMILES string of the molecule is CCCC(C)NC(=O)CN1CCc2cc(S(=O)(=O)N3CCOCC3)ccc21. The van der Waals surface area contributed by atoms with Gasteiger partial charge in [-0.2, -0.15) is 4.31 Å². The summed E-state index contributed by atoms with van der Waals surface area (Å²) in [5.74, 6) is 0.00816. The summed E-state index contributed by atoms with van der Waals surface area (Å²) in [5, 5.41) is 3.02. The van der Waals surface area contributed by atoms with E-state index in [1.165, 1.54) is 4.31 Å². The predicted octanol–water partition coefficient (Wildman–Crippen LogP) is 1.37. The zero-order chi connectivity index (χ0) is 19.4. The molecule has 1 amide bonds. The van der Waals surface area contributed by atoms with Crippen molar-refractivity contribution < 1.29 is 17.9 Å². The lowest BCUT2D eigenvalue weighted by Gasteiger charge is -2.26. The first-order chi connectivity index (χ1) is 12.9. The average molecular weight is 396 g/mol. The summed E-state index contributed by atoms with van der Waals surface area (Å²) in [5.41, 5.74) is 1.94. The second kappa shape index (κ2) is 8.58. The van der Waals surface area contributed by atoms with Crippen molar-refractivity contribution >= 4 is 21.6 Å². The maximum absolute atomic E-state index is 12.8. The van der Waals surface area contributed by atoms with Gasteiger partial charge in [0.15, 0.2) is 0 Å². The number of ether oxygens (including phenoxy) is 1. The Kier molecular flexibility index (Phi) is 6.39. The van der Waals surface area contributed by atoms with Crippen LogP contribution in [0.4, 0.5) is 5.69 Å². The molecule has 1 N–H and O–H groups in total. The monoisotopic (exact) mass is 395 g/mol. The highest BCUT2D eigenvalue weighted by Gasteiger charge is 2.29. The van der Waals surface area contributed by atoms with E-state index in [-0.39, 0.29) is 11.9 Å². The third-order valence-electron chi connectivity index (χ3n) is 5.11. The fourth-order valence-corrected chi connectivity index (χ4v) is 5.17. The molecule has 0 bridgehead atoms. The number of carbonyl (C=O) groups is 1. The Hall–Kier alpha value is -1.64. The van der Waals surface area contributed by atoms with E-state index in [1.807, 2.05) is 17.9 Å². The first kappa shape index (κ1) is 20.1. The van der Waals surface area contributed by atoms with E-state index in [2.05, 4.69) is 12.2 Å². The molecule has 7 nitrogen and oxygen atoms in total. The molecule has 1 aromatic rings. The summed E-state index contributed by atoms with van der Waals surface area (Å²) < 4.78 is 32.4. The predicted molar refractivity (Wildman–Crippen MR) is 104 cm³/mol. The number of anilines is 1. The third-order valence-corrected chi connectivity index (χ3v) is 7.01. The van der Waals surface area contributed by atoms with Crippen LogP contribution in [0.3, 0.4) is 0 Å². The fraction of sp³-hybridized carbons (Fsp3) is 0.632. The molecule has 1 fully saturated rings. The number of sulfonamides is 1. The number of benzene rings is 1.